The van der Waals surface area contributed by atoms with Crippen LogP contribution in [0.15, 0.2) is 0 Å². The molecular formula is C9H16N2O4. The summed E-state index contributed by atoms with van der Waals surface area (Å²) in [5.74, 6) is -1.26. The van der Waals surface area contributed by atoms with Crippen molar-refractivity contribution in [3.63, 3.8) is 0 Å². The molecule has 0 aliphatic heterocycles. The van der Waals surface area contributed by atoms with Gasteiger partial charge in [-0.25, -0.2) is 4.79 Å². The van der Waals surface area contributed by atoms with Crippen LogP contribution in [0.25, 0.3) is 0 Å². The fourth-order valence-corrected chi connectivity index (χ4v) is 0.945. The lowest BCUT2D eigenvalue weighted by molar-refractivity contribution is -0.144. The summed E-state index contributed by atoms with van der Waals surface area (Å²) in [6, 6.07) is -1.40. The second kappa shape index (κ2) is 6.00. The zero-order chi connectivity index (χ0) is 12.0. The molecule has 0 aliphatic carbocycles. The molecule has 15 heavy (non-hydrogen) atoms. The molecule has 6 nitrogen and oxygen atoms in total. The molecule has 6 heteroatoms. The van der Waals surface area contributed by atoms with Crippen LogP contribution in [0.1, 0.15) is 20.8 Å². The Balaban J connectivity index is 4.12. The van der Waals surface area contributed by atoms with Crippen molar-refractivity contribution in [2.45, 2.75) is 32.9 Å². The molecule has 0 radical (unpaired) electrons. The van der Waals surface area contributed by atoms with E-state index in [4.69, 9.17) is 0 Å². The molecule has 0 aromatic carbocycles. The molecule has 86 valence electrons. The van der Waals surface area contributed by atoms with E-state index in [0.717, 1.165) is 0 Å². The number of amides is 2. The number of nitrogens with one attached hydrogen (secondary N) is 2. The van der Waals surface area contributed by atoms with Crippen LogP contribution in [-0.2, 0) is 19.1 Å². The van der Waals surface area contributed by atoms with Gasteiger partial charge in [0, 0.05) is 6.92 Å². The first kappa shape index (κ1) is 13.4. The number of hydrogen-bond acceptors (Lipinski definition) is 4. The van der Waals surface area contributed by atoms with E-state index < -0.39 is 24.0 Å². The summed E-state index contributed by atoms with van der Waals surface area (Å²) in [5.41, 5.74) is 0. The van der Waals surface area contributed by atoms with Crippen LogP contribution < -0.4 is 10.6 Å². The number of esters is 1. The van der Waals surface area contributed by atoms with Crippen LogP contribution in [0, 0.1) is 0 Å². The molecule has 0 aromatic heterocycles. The van der Waals surface area contributed by atoms with E-state index in [9.17, 15) is 14.4 Å². The first-order valence-electron chi connectivity index (χ1n) is 4.53. The van der Waals surface area contributed by atoms with Crippen LogP contribution in [0.4, 0.5) is 0 Å². The zero-order valence-corrected chi connectivity index (χ0v) is 9.29. The maximum atomic E-state index is 11.4. The van der Waals surface area contributed by atoms with Crippen molar-refractivity contribution < 1.29 is 19.1 Å². The van der Waals surface area contributed by atoms with Gasteiger partial charge in [-0.2, -0.15) is 0 Å². The maximum absolute atomic E-state index is 11.4. The largest absolute Gasteiger partial charge is 0.467 e. The Morgan fingerprint density at radius 3 is 2.00 bits per heavy atom. The molecule has 0 aromatic rings. The Kier molecular flexibility index (Phi) is 5.36. The van der Waals surface area contributed by atoms with E-state index in [1.807, 2.05) is 0 Å². The topological polar surface area (TPSA) is 84.5 Å². The summed E-state index contributed by atoms with van der Waals surface area (Å²) in [6.07, 6.45) is 0. The highest BCUT2D eigenvalue weighted by molar-refractivity contribution is 5.89. The second-order valence-corrected chi connectivity index (χ2v) is 3.18. The first-order chi connectivity index (χ1) is 6.88. The molecular weight excluding hydrogens is 200 g/mol. The number of carbonyl (C=O) groups is 3. The van der Waals surface area contributed by atoms with Crippen molar-refractivity contribution in [2.75, 3.05) is 7.11 Å². The number of carbonyl (C=O) groups excluding carboxylic acids is 3. The van der Waals surface area contributed by atoms with Gasteiger partial charge < -0.3 is 15.4 Å². The van der Waals surface area contributed by atoms with Gasteiger partial charge in [-0.3, -0.25) is 9.59 Å². The third kappa shape index (κ3) is 4.99. The SMILES string of the molecule is COC(=O)[C@H](C)NC(=O)[C@H](C)NC(C)=O. The Hall–Kier alpha value is -1.59. The smallest absolute Gasteiger partial charge is 0.328 e. The van der Waals surface area contributed by atoms with Crippen molar-refractivity contribution in [3.8, 4) is 0 Å². The Morgan fingerprint density at radius 2 is 1.60 bits per heavy atom. The molecule has 0 unspecified atom stereocenters. The average molecular weight is 216 g/mol. The van der Waals surface area contributed by atoms with E-state index in [0.29, 0.717) is 0 Å². The third-order valence-corrected chi connectivity index (χ3v) is 1.73. The zero-order valence-electron chi connectivity index (χ0n) is 9.29. The van der Waals surface area contributed by atoms with E-state index in [-0.39, 0.29) is 5.91 Å². The summed E-state index contributed by atoms with van der Waals surface area (Å²) in [6.45, 7) is 4.35. The molecule has 2 amide bonds. The minimum absolute atomic E-state index is 0.302. The number of rotatable bonds is 4. The predicted molar refractivity (Wildman–Crippen MR) is 52.9 cm³/mol. The Morgan fingerprint density at radius 1 is 1.07 bits per heavy atom. The lowest BCUT2D eigenvalue weighted by atomic mass is 10.2. The first-order valence-corrected chi connectivity index (χ1v) is 4.53. The summed E-state index contributed by atoms with van der Waals surface area (Å²) < 4.78 is 4.43. The number of ether oxygens (including phenoxy) is 1. The van der Waals surface area contributed by atoms with Gasteiger partial charge in [0.2, 0.25) is 11.8 Å². The predicted octanol–water partition coefficient (Wildman–Crippen LogP) is -0.811. The van der Waals surface area contributed by atoms with E-state index in [1.54, 1.807) is 0 Å². The molecule has 2 N–H and O–H groups in total. The molecule has 0 rings (SSSR count). The van der Waals surface area contributed by atoms with Gasteiger partial charge >= 0.3 is 5.97 Å². The van der Waals surface area contributed by atoms with Crippen LogP contribution in [0.3, 0.4) is 0 Å². The second-order valence-electron chi connectivity index (χ2n) is 3.18. The molecule has 0 heterocycles. The van der Waals surface area contributed by atoms with Gasteiger partial charge in [0.25, 0.3) is 0 Å². The fraction of sp³-hybridized carbons (Fsp3) is 0.667. The van der Waals surface area contributed by atoms with Crippen molar-refractivity contribution in [2.24, 2.45) is 0 Å². The van der Waals surface area contributed by atoms with Crippen LogP contribution >= 0.6 is 0 Å². The maximum Gasteiger partial charge on any atom is 0.328 e. The molecule has 0 bridgehead atoms. The van der Waals surface area contributed by atoms with Crippen molar-refractivity contribution in [3.05, 3.63) is 0 Å². The minimum atomic E-state index is -0.723. The summed E-state index contributed by atoms with van der Waals surface area (Å²) in [7, 11) is 1.24. The molecule has 2 atom stereocenters. The lowest BCUT2D eigenvalue weighted by Crippen LogP contribution is -2.49. The Labute approximate surface area is 88.4 Å². The van der Waals surface area contributed by atoms with Crippen molar-refractivity contribution >= 4 is 17.8 Å². The Bertz CT molecular complexity index is 265. The van der Waals surface area contributed by atoms with Gasteiger partial charge in [0.05, 0.1) is 7.11 Å². The highest BCUT2D eigenvalue weighted by Gasteiger charge is 2.20. The highest BCUT2D eigenvalue weighted by atomic mass is 16.5. The molecule has 0 spiro atoms. The third-order valence-electron chi connectivity index (χ3n) is 1.73. The summed E-state index contributed by atoms with van der Waals surface area (Å²) >= 11 is 0. The van der Waals surface area contributed by atoms with Crippen LogP contribution in [0.2, 0.25) is 0 Å². The summed E-state index contributed by atoms with van der Waals surface area (Å²) in [4.78, 5) is 33.0. The van der Waals surface area contributed by atoms with Crippen LogP contribution in [0.5, 0.6) is 0 Å². The van der Waals surface area contributed by atoms with Gasteiger partial charge in [0.15, 0.2) is 0 Å². The molecule has 0 aliphatic rings. The highest BCUT2D eigenvalue weighted by Crippen LogP contribution is 1.89. The van der Waals surface area contributed by atoms with Gasteiger partial charge in [0.1, 0.15) is 12.1 Å². The quantitative estimate of drug-likeness (QED) is 0.602. The van der Waals surface area contributed by atoms with Gasteiger partial charge in [-0.05, 0) is 13.8 Å². The summed E-state index contributed by atoms with van der Waals surface area (Å²) in [5, 5.41) is 4.81. The normalized spacial score (nSPS) is 13.6. The van der Waals surface area contributed by atoms with Crippen LogP contribution in [-0.4, -0.2) is 37.0 Å². The van der Waals surface area contributed by atoms with E-state index in [1.165, 1.54) is 27.9 Å². The van der Waals surface area contributed by atoms with Gasteiger partial charge in [-0.1, -0.05) is 0 Å². The minimum Gasteiger partial charge on any atom is -0.467 e. The molecule has 0 saturated carbocycles. The fourth-order valence-electron chi connectivity index (χ4n) is 0.945. The van der Waals surface area contributed by atoms with E-state index in [2.05, 4.69) is 15.4 Å². The molecule has 0 saturated heterocycles. The van der Waals surface area contributed by atoms with E-state index >= 15 is 0 Å². The standard InChI is InChI=1S/C9H16N2O4/c1-5(10-7(3)12)8(13)11-6(2)9(14)15-4/h5-6H,1-4H3,(H,10,12)(H,11,13)/t5-,6-/m0/s1. The van der Waals surface area contributed by atoms with Crippen molar-refractivity contribution in [1.29, 1.82) is 0 Å². The monoisotopic (exact) mass is 216 g/mol. The number of hydrogen-bond donors (Lipinski definition) is 2. The average Bonchev–Trinajstić information content (AvgIpc) is 2.15. The van der Waals surface area contributed by atoms with Gasteiger partial charge in [-0.15, -0.1) is 0 Å². The molecule has 0 fully saturated rings. The van der Waals surface area contributed by atoms with Crippen molar-refractivity contribution in [1.82, 2.24) is 10.6 Å². The lowest BCUT2D eigenvalue weighted by Gasteiger charge is -2.16. The number of methoxy groups -OCH3 is 1.